The molecule has 0 aliphatic carbocycles. The summed E-state index contributed by atoms with van der Waals surface area (Å²) in [7, 11) is 0. The molecule has 1 fully saturated rings. The Kier molecular flexibility index (Phi) is 6.02. The minimum atomic E-state index is -0.191. The van der Waals surface area contributed by atoms with Crippen LogP contribution < -0.4 is 5.56 Å². The minimum Gasteiger partial charge on any atom is -0.335 e. The number of carbonyl (C=O) groups excluding carboxylic acids is 1. The largest absolute Gasteiger partial charge is 0.335 e. The standard InChI is InChI=1S/C23H27N3O2S2/c1-13-7-9-17(10-8-13)18-6-5-11-26(18)23(28)16(4)29-12-19-24-21(27)20-14(2)15(3)30-22(20)25-19/h7-10,16,18H,5-6,11-12H2,1-4H3,(H,24,25,27). The molecular formula is C23H27N3O2S2. The molecular weight excluding hydrogens is 414 g/mol. The van der Waals surface area contributed by atoms with Crippen LogP contribution in [0, 0.1) is 20.8 Å². The van der Waals surface area contributed by atoms with E-state index >= 15 is 0 Å². The summed E-state index contributed by atoms with van der Waals surface area (Å²) in [5.74, 6) is 1.31. The number of fused-ring (bicyclic) bond motifs is 1. The summed E-state index contributed by atoms with van der Waals surface area (Å²) >= 11 is 3.08. The van der Waals surface area contributed by atoms with Gasteiger partial charge in [0.05, 0.1) is 22.4 Å². The number of nitrogens with one attached hydrogen (secondary N) is 1. The summed E-state index contributed by atoms with van der Waals surface area (Å²) in [6.07, 6.45) is 2.04. The molecule has 30 heavy (non-hydrogen) atoms. The molecule has 158 valence electrons. The van der Waals surface area contributed by atoms with Crippen LogP contribution in [0.5, 0.6) is 0 Å². The molecule has 0 radical (unpaired) electrons. The van der Waals surface area contributed by atoms with Crippen molar-refractivity contribution in [3.05, 3.63) is 62.0 Å². The number of carbonyl (C=O) groups is 1. The van der Waals surface area contributed by atoms with Crippen LogP contribution in [0.1, 0.15) is 53.2 Å². The Labute approximate surface area is 184 Å². The molecule has 1 aliphatic rings. The smallest absolute Gasteiger partial charge is 0.259 e. The van der Waals surface area contributed by atoms with Gasteiger partial charge in [0.25, 0.3) is 5.56 Å². The summed E-state index contributed by atoms with van der Waals surface area (Å²) in [6.45, 7) is 8.80. The van der Waals surface area contributed by atoms with Crippen molar-refractivity contribution in [2.45, 2.75) is 57.6 Å². The molecule has 2 atom stereocenters. The Hall–Kier alpha value is -2.12. The van der Waals surface area contributed by atoms with E-state index in [1.807, 2.05) is 25.7 Å². The summed E-state index contributed by atoms with van der Waals surface area (Å²) < 4.78 is 0. The number of likely N-dealkylation sites (tertiary alicyclic amines) is 1. The Morgan fingerprint density at radius 2 is 2.03 bits per heavy atom. The van der Waals surface area contributed by atoms with Crippen molar-refractivity contribution in [1.29, 1.82) is 0 Å². The average Bonchev–Trinajstić information content (AvgIpc) is 3.31. The zero-order valence-corrected chi connectivity index (χ0v) is 19.5. The maximum absolute atomic E-state index is 13.2. The van der Waals surface area contributed by atoms with Crippen molar-refractivity contribution < 1.29 is 4.79 Å². The molecule has 1 saturated heterocycles. The summed E-state index contributed by atoms with van der Waals surface area (Å²) in [4.78, 5) is 37.1. The van der Waals surface area contributed by atoms with Crippen LogP contribution in [0.3, 0.4) is 0 Å². The van der Waals surface area contributed by atoms with Gasteiger partial charge in [-0.05, 0) is 51.7 Å². The first kappa shape index (κ1) is 21.1. The van der Waals surface area contributed by atoms with Crippen molar-refractivity contribution in [2.75, 3.05) is 6.54 Å². The molecule has 2 unspecified atom stereocenters. The fourth-order valence-corrected chi connectivity index (χ4v) is 5.91. The number of thioether (sulfide) groups is 1. The topological polar surface area (TPSA) is 66.1 Å². The number of H-pyrrole nitrogens is 1. The van der Waals surface area contributed by atoms with Gasteiger partial charge in [-0.1, -0.05) is 29.8 Å². The van der Waals surface area contributed by atoms with Crippen LogP contribution in [0.25, 0.3) is 10.2 Å². The van der Waals surface area contributed by atoms with Gasteiger partial charge in [0.2, 0.25) is 5.91 Å². The van der Waals surface area contributed by atoms with Crippen molar-refractivity contribution in [3.63, 3.8) is 0 Å². The van der Waals surface area contributed by atoms with Crippen LogP contribution in [0.15, 0.2) is 29.1 Å². The highest BCUT2D eigenvalue weighted by Gasteiger charge is 2.32. The van der Waals surface area contributed by atoms with Crippen molar-refractivity contribution in [2.24, 2.45) is 0 Å². The third-order valence-electron chi connectivity index (χ3n) is 5.90. The number of rotatable bonds is 5. The van der Waals surface area contributed by atoms with Gasteiger partial charge in [-0.25, -0.2) is 4.98 Å². The van der Waals surface area contributed by atoms with Gasteiger partial charge in [0.1, 0.15) is 10.7 Å². The van der Waals surface area contributed by atoms with Gasteiger partial charge in [-0.2, -0.15) is 0 Å². The number of nitrogens with zero attached hydrogens (tertiary/aromatic N) is 2. The Bertz CT molecular complexity index is 1130. The Morgan fingerprint density at radius 1 is 1.30 bits per heavy atom. The number of benzene rings is 1. The molecule has 1 N–H and O–H groups in total. The quantitative estimate of drug-likeness (QED) is 0.612. The first-order valence-corrected chi connectivity index (χ1v) is 12.2. The van der Waals surface area contributed by atoms with E-state index in [1.54, 1.807) is 11.3 Å². The van der Waals surface area contributed by atoms with Gasteiger partial charge < -0.3 is 9.88 Å². The monoisotopic (exact) mass is 441 g/mol. The number of hydrogen-bond donors (Lipinski definition) is 1. The fourth-order valence-electron chi connectivity index (χ4n) is 4.04. The molecule has 7 heteroatoms. The zero-order chi connectivity index (χ0) is 21.4. The van der Waals surface area contributed by atoms with Crippen LogP contribution in [-0.4, -0.2) is 32.6 Å². The van der Waals surface area contributed by atoms with Gasteiger partial charge >= 0.3 is 0 Å². The minimum absolute atomic E-state index is 0.0876. The van der Waals surface area contributed by atoms with Crippen LogP contribution in [0.4, 0.5) is 0 Å². The number of aryl methyl sites for hydroxylation is 3. The summed E-state index contributed by atoms with van der Waals surface area (Å²) in [5.41, 5.74) is 3.36. The SMILES string of the molecule is Cc1ccc(C2CCCN2C(=O)C(C)SCc2nc3sc(C)c(C)c3c(=O)[nH]2)cc1. The maximum Gasteiger partial charge on any atom is 0.259 e. The molecule has 5 nitrogen and oxygen atoms in total. The van der Waals surface area contributed by atoms with Crippen LogP contribution in [0.2, 0.25) is 0 Å². The molecule has 1 aromatic carbocycles. The molecule has 1 aliphatic heterocycles. The van der Waals surface area contributed by atoms with Crippen LogP contribution in [-0.2, 0) is 10.5 Å². The summed E-state index contributed by atoms with van der Waals surface area (Å²) in [6, 6.07) is 8.66. The third-order valence-corrected chi connectivity index (χ3v) is 8.15. The molecule has 3 heterocycles. The van der Waals surface area contributed by atoms with E-state index in [9.17, 15) is 9.59 Å². The normalized spacial score (nSPS) is 17.6. The summed E-state index contributed by atoms with van der Waals surface area (Å²) in [5, 5.41) is 0.497. The van der Waals surface area contributed by atoms with Gasteiger partial charge in [-0.15, -0.1) is 23.1 Å². The number of hydrogen-bond acceptors (Lipinski definition) is 5. The second-order valence-electron chi connectivity index (χ2n) is 8.03. The Balaban J connectivity index is 1.45. The second kappa shape index (κ2) is 8.55. The zero-order valence-electron chi connectivity index (χ0n) is 17.8. The third kappa shape index (κ3) is 4.05. The number of thiophene rings is 1. The van der Waals surface area contributed by atoms with E-state index in [1.165, 1.54) is 22.9 Å². The highest BCUT2D eigenvalue weighted by Crippen LogP contribution is 2.34. The number of aromatic nitrogens is 2. The molecule has 0 spiro atoms. The van der Waals surface area contributed by atoms with E-state index in [0.717, 1.165) is 34.7 Å². The van der Waals surface area contributed by atoms with Crippen molar-refractivity contribution >= 4 is 39.2 Å². The first-order valence-electron chi connectivity index (χ1n) is 10.3. The predicted molar refractivity (Wildman–Crippen MR) is 125 cm³/mol. The molecule has 4 rings (SSSR count). The predicted octanol–water partition coefficient (Wildman–Crippen LogP) is 4.90. The second-order valence-corrected chi connectivity index (χ2v) is 10.6. The number of aromatic amines is 1. The highest BCUT2D eigenvalue weighted by atomic mass is 32.2. The lowest BCUT2D eigenvalue weighted by molar-refractivity contribution is -0.131. The van der Waals surface area contributed by atoms with Gasteiger partial charge in [0.15, 0.2) is 0 Å². The lowest BCUT2D eigenvalue weighted by Gasteiger charge is -2.27. The average molecular weight is 442 g/mol. The molecule has 3 aromatic rings. The molecule has 0 saturated carbocycles. The maximum atomic E-state index is 13.2. The fraction of sp³-hybridized carbons (Fsp3) is 0.435. The number of amides is 1. The van der Waals surface area contributed by atoms with Crippen molar-refractivity contribution in [1.82, 2.24) is 14.9 Å². The van der Waals surface area contributed by atoms with Crippen LogP contribution >= 0.6 is 23.1 Å². The first-order chi connectivity index (χ1) is 14.3. The lowest BCUT2D eigenvalue weighted by Crippen LogP contribution is -2.36. The molecule has 1 amide bonds. The van der Waals surface area contributed by atoms with Gasteiger partial charge in [-0.3, -0.25) is 9.59 Å². The van der Waals surface area contributed by atoms with E-state index in [2.05, 4.69) is 41.2 Å². The van der Waals surface area contributed by atoms with E-state index in [0.29, 0.717) is 17.0 Å². The van der Waals surface area contributed by atoms with Gasteiger partial charge in [0, 0.05) is 11.4 Å². The van der Waals surface area contributed by atoms with Crippen molar-refractivity contribution in [3.8, 4) is 0 Å². The molecule has 0 bridgehead atoms. The Morgan fingerprint density at radius 3 is 2.77 bits per heavy atom. The lowest BCUT2D eigenvalue weighted by atomic mass is 10.0. The highest BCUT2D eigenvalue weighted by molar-refractivity contribution is 7.99. The van der Waals surface area contributed by atoms with E-state index in [-0.39, 0.29) is 22.8 Å². The molecule has 2 aromatic heterocycles. The van der Waals surface area contributed by atoms with E-state index < -0.39 is 0 Å². The van der Waals surface area contributed by atoms with E-state index in [4.69, 9.17) is 0 Å².